The molecule has 1 aliphatic rings. The zero-order valence-corrected chi connectivity index (χ0v) is 18.5. The molecule has 0 radical (unpaired) electrons. The van der Waals surface area contributed by atoms with Gasteiger partial charge in [-0.3, -0.25) is 14.4 Å². The lowest BCUT2D eigenvalue weighted by Crippen LogP contribution is -2.26. The summed E-state index contributed by atoms with van der Waals surface area (Å²) in [5, 5.41) is 4.38. The van der Waals surface area contributed by atoms with Crippen molar-refractivity contribution in [3.8, 4) is 0 Å². The van der Waals surface area contributed by atoms with Gasteiger partial charge in [0, 0.05) is 43.9 Å². The molecule has 0 saturated heterocycles. The van der Waals surface area contributed by atoms with Crippen LogP contribution in [0.3, 0.4) is 0 Å². The highest BCUT2D eigenvalue weighted by atomic mass is 32.2. The molecule has 164 valence electrons. The lowest BCUT2D eigenvalue weighted by atomic mass is 10.2. The van der Waals surface area contributed by atoms with Gasteiger partial charge in [-0.15, -0.1) is 0 Å². The minimum atomic E-state index is -3.72. The number of nitrogens with one attached hydrogen (secondary N) is 2. The molecule has 0 spiro atoms. The second-order valence-corrected chi connectivity index (χ2v) is 9.94. The molecular formula is C22H25N3O5S. The fourth-order valence-corrected chi connectivity index (χ4v) is 4.94. The fraction of sp³-hybridized carbons (Fsp3) is 0.318. The first-order valence-electron chi connectivity index (χ1n) is 9.90. The predicted molar refractivity (Wildman–Crippen MR) is 119 cm³/mol. The maximum atomic E-state index is 13.0. The van der Waals surface area contributed by atoms with E-state index in [9.17, 15) is 22.8 Å². The Labute approximate surface area is 181 Å². The third kappa shape index (κ3) is 5.11. The Bertz CT molecular complexity index is 1130. The number of nitrogens with zero attached hydrogens (tertiary/aromatic N) is 1. The van der Waals surface area contributed by atoms with E-state index in [-0.39, 0.29) is 23.1 Å². The maximum absolute atomic E-state index is 13.0. The average molecular weight is 444 g/mol. The van der Waals surface area contributed by atoms with Gasteiger partial charge in [0.15, 0.2) is 9.84 Å². The summed E-state index contributed by atoms with van der Waals surface area (Å²) in [4.78, 5) is 36.9. The molecular weight excluding hydrogens is 418 g/mol. The Morgan fingerprint density at radius 3 is 2.19 bits per heavy atom. The summed E-state index contributed by atoms with van der Waals surface area (Å²) in [7, 11) is -3.72. The standard InChI is InChI=1S/C22H25N3O5S/c1-14(12-22(28)24-19-6-4-18(5-7-19)23-15(2)26)31(29,30)20-8-9-21-17(13-20)10-11-25(21)16(3)27/h4-9,13-14H,10-12H2,1-3H3,(H,23,26)(H,24,28)/t14-/m0/s1. The van der Waals surface area contributed by atoms with Gasteiger partial charge in [0.1, 0.15) is 0 Å². The highest BCUT2D eigenvalue weighted by Crippen LogP contribution is 2.31. The molecule has 31 heavy (non-hydrogen) atoms. The van der Waals surface area contributed by atoms with E-state index in [2.05, 4.69) is 10.6 Å². The summed E-state index contributed by atoms with van der Waals surface area (Å²) in [6.07, 6.45) is 0.397. The molecule has 2 aromatic rings. The van der Waals surface area contributed by atoms with E-state index >= 15 is 0 Å². The minimum absolute atomic E-state index is 0.0792. The van der Waals surface area contributed by atoms with Gasteiger partial charge in [0.05, 0.1) is 10.1 Å². The average Bonchev–Trinajstić information content (AvgIpc) is 3.12. The van der Waals surface area contributed by atoms with Crippen molar-refractivity contribution in [3.05, 3.63) is 48.0 Å². The van der Waals surface area contributed by atoms with Crippen LogP contribution in [-0.2, 0) is 30.6 Å². The molecule has 1 heterocycles. The zero-order valence-electron chi connectivity index (χ0n) is 17.6. The maximum Gasteiger partial charge on any atom is 0.225 e. The molecule has 0 fully saturated rings. The van der Waals surface area contributed by atoms with Crippen LogP contribution >= 0.6 is 0 Å². The highest BCUT2D eigenvalue weighted by Gasteiger charge is 2.29. The fourth-order valence-electron chi connectivity index (χ4n) is 3.54. The van der Waals surface area contributed by atoms with E-state index in [0.717, 1.165) is 11.3 Å². The van der Waals surface area contributed by atoms with Gasteiger partial charge >= 0.3 is 0 Å². The largest absolute Gasteiger partial charge is 0.326 e. The Hall–Kier alpha value is -3.20. The van der Waals surface area contributed by atoms with E-state index in [0.29, 0.717) is 24.3 Å². The van der Waals surface area contributed by atoms with Crippen LogP contribution in [-0.4, -0.2) is 37.9 Å². The number of rotatable bonds is 6. The van der Waals surface area contributed by atoms with E-state index in [4.69, 9.17) is 0 Å². The molecule has 0 bridgehead atoms. The Morgan fingerprint density at radius 1 is 1.00 bits per heavy atom. The van der Waals surface area contributed by atoms with Crippen LogP contribution in [0.25, 0.3) is 0 Å². The SMILES string of the molecule is CC(=O)Nc1ccc(NC(=O)C[C@H](C)S(=O)(=O)c2ccc3c(c2)CCN3C(C)=O)cc1. The molecule has 2 N–H and O–H groups in total. The molecule has 3 amide bonds. The number of sulfone groups is 1. The van der Waals surface area contributed by atoms with E-state index < -0.39 is 21.0 Å². The summed E-state index contributed by atoms with van der Waals surface area (Å²) in [5.74, 6) is -0.701. The van der Waals surface area contributed by atoms with Gasteiger partial charge in [0.25, 0.3) is 0 Å². The van der Waals surface area contributed by atoms with Gasteiger partial charge in [-0.2, -0.15) is 0 Å². The molecule has 0 aliphatic carbocycles. The third-order valence-corrected chi connectivity index (χ3v) is 7.28. The predicted octanol–water partition coefficient (Wildman–Crippen LogP) is 2.75. The normalized spacial score (nSPS) is 14.0. The van der Waals surface area contributed by atoms with E-state index in [1.807, 2.05) is 0 Å². The molecule has 0 aromatic heterocycles. The number of amides is 3. The molecule has 3 rings (SSSR count). The summed E-state index contributed by atoms with van der Waals surface area (Å²) in [6, 6.07) is 11.3. The lowest BCUT2D eigenvalue weighted by molar-refractivity contribution is -0.117. The first kappa shape index (κ1) is 22.5. The van der Waals surface area contributed by atoms with E-state index in [1.54, 1.807) is 41.3 Å². The number of hydrogen-bond acceptors (Lipinski definition) is 5. The summed E-state index contributed by atoms with van der Waals surface area (Å²) in [5.41, 5.74) is 2.65. The molecule has 0 saturated carbocycles. The smallest absolute Gasteiger partial charge is 0.225 e. The number of anilines is 3. The second-order valence-electron chi connectivity index (χ2n) is 7.58. The number of fused-ring (bicyclic) bond motifs is 1. The number of hydrogen-bond donors (Lipinski definition) is 2. The van der Waals surface area contributed by atoms with Crippen LogP contribution in [0.1, 0.15) is 32.8 Å². The van der Waals surface area contributed by atoms with Crippen molar-refractivity contribution in [2.45, 2.75) is 43.8 Å². The van der Waals surface area contributed by atoms with Crippen molar-refractivity contribution >= 4 is 44.6 Å². The molecule has 2 aromatic carbocycles. The van der Waals surface area contributed by atoms with Gasteiger partial charge < -0.3 is 15.5 Å². The second kappa shape index (κ2) is 8.89. The Kier molecular flexibility index (Phi) is 6.45. The van der Waals surface area contributed by atoms with E-state index in [1.165, 1.54) is 26.8 Å². The number of carbonyl (C=O) groups is 3. The van der Waals surface area contributed by atoms with Crippen molar-refractivity contribution in [2.24, 2.45) is 0 Å². The lowest BCUT2D eigenvalue weighted by Gasteiger charge is -2.16. The van der Waals surface area contributed by atoms with Gasteiger partial charge in [0.2, 0.25) is 17.7 Å². The van der Waals surface area contributed by atoms with Crippen molar-refractivity contribution in [2.75, 3.05) is 22.1 Å². The molecule has 1 atom stereocenters. The van der Waals surface area contributed by atoms with Gasteiger partial charge in [-0.05, 0) is 61.4 Å². The first-order chi connectivity index (χ1) is 14.6. The number of carbonyl (C=O) groups excluding carboxylic acids is 3. The topological polar surface area (TPSA) is 113 Å². The quantitative estimate of drug-likeness (QED) is 0.713. The third-order valence-electron chi connectivity index (χ3n) is 5.15. The van der Waals surface area contributed by atoms with Crippen molar-refractivity contribution in [1.29, 1.82) is 0 Å². The summed E-state index contributed by atoms with van der Waals surface area (Å²) in [6.45, 7) is 4.92. The zero-order chi connectivity index (χ0) is 22.8. The van der Waals surface area contributed by atoms with Crippen LogP contribution in [0, 0.1) is 0 Å². The Balaban J connectivity index is 1.67. The summed E-state index contributed by atoms with van der Waals surface area (Å²) >= 11 is 0. The minimum Gasteiger partial charge on any atom is -0.326 e. The number of benzene rings is 2. The molecule has 9 heteroatoms. The molecule has 0 unspecified atom stereocenters. The van der Waals surface area contributed by atoms with Crippen LogP contribution in [0.2, 0.25) is 0 Å². The molecule has 8 nitrogen and oxygen atoms in total. The van der Waals surface area contributed by atoms with Crippen molar-refractivity contribution in [3.63, 3.8) is 0 Å². The van der Waals surface area contributed by atoms with Gasteiger partial charge in [-0.25, -0.2) is 8.42 Å². The van der Waals surface area contributed by atoms with Gasteiger partial charge in [-0.1, -0.05) is 0 Å². The van der Waals surface area contributed by atoms with Crippen LogP contribution < -0.4 is 15.5 Å². The highest BCUT2D eigenvalue weighted by molar-refractivity contribution is 7.92. The molecule has 1 aliphatic heterocycles. The van der Waals surface area contributed by atoms with Crippen molar-refractivity contribution in [1.82, 2.24) is 0 Å². The summed E-state index contributed by atoms with van der Waals surface area (Å²) < 4.78 is 26.0. The van der Waals surface area contributed by atoms with Crippen molar-refractivity contribution < 1.29 is 22.8 Å². The first-order valence-corrected chi connectivity index (χ1v) is 11.4. The monoisotopic (exact) mass is 443 g/mol. The van der Waals surface area contributed by atoms with Crippen LogP contribution in [0.5, 0.6) is 0 Å². The Morgan fingerprint density at radius 2 is 1.61 bits per heavy atom. The van der Waals surface area contributed by atoms with Crippen LogP contribution in [0.15, 0.2) is 47.4 Å². The van der Waals surface area contributed by atoms with Crippen LogP contribution in [0.4, 0.5) is 17.1 Å².